The number of aromatic nitrogens is 1. The first-order valence-corrected chi connectivity index (χ1v) is 8.14. The lowest BCUT2D eigenvalue weighted by Gasteiger charge is -2.34. The van der Waals surface area contributed by atoms with Crippen molar-refractivity contribution in [2.75, 3.05) is 26.2 Å². The van der Waals surface area contributed by atoms with E-state index in [0.29, 0.717) is 26.2 Å². The maximum absolute atomic E-state index is 13.2. The van der Waals surface area contributed by atoms with E-state index in [0.717, 1.165) is 23.2 Å². The van der Waals surface area contributed by atoms with Crippen LogP contribution in [0.4, 0.5) is 0 Å². The number of rotatable bonds is 4. The van der Waals surface area contributed by atoms with Crippen LogP contribution in [0.25, 0.3) is 0 Å². The molecule has 0 bridgehead atoms. The first-order valence-electron chi connectivity index (χ1n) is 8.14. The average Bonchev–Trinajstić information content (AvgIpc) is 2.64. The molecular weight excluding hydrogens is 302 g/mol. The maximum Gasteiger partial charge on any atom is 0.236 e. The minimum atomic E-state index is -0.408. The van der Waals surface area contributed by atoms with Crippen LogP contribution in [0.5, 0.6) is 0 Å². The third-order valence-corrected chi connectivity index (χ3v) is 4.42. The predicted octanol–water partition coefficient (Wildman–Crippen LogP) is 1.82. The number of aryl methyl sites for hydroxylation is 1. The molecule has 1 atom stereocenters. The molecule has 2 aromatic rings. The Morgan fingerprint density at radius 2 is 1.79 bits per heavy atom. The standard InChI is InChI=1S/C19H21N3O2/c1-15-5-7-16(8-6-15)18(17-4-2-3-9-20-17)19(24)22-12-10-21(14-23)11-13-22/h2-9,14,18H,10-13H2,1H3. The summed E-state index contributed by atoms with van der Waals surface area (Å²) in [4.78, 5) is 32.0. The fraction of sp³-hybridized carbons (Fsp3) is 0.316. The van der Waals surface area contributed by atoms with Gasteiger partial charge in [0.2, 0.25) is 12.3 Å². The zero-order valence-electron chi connectivity index (χ0n) is 13.8. The maximum atomic E-state index is 13.2. The molecule has 1 fully saturated rings. The summed E-state index contributed by atoms with van der Waals surface area (Å²) >= 11 is 0. The van der Waals surface area contributed by atoms with Gasteiger partial charge in [0.05, 0.1) is 5.69 Å². The van der Waals surface area contributed by atoms with Crippen LogP contribution in [0.1, 0.15) is 22.7 Å². The second-order valence-electron chi connectivity index (χ2n) is 6.06. The molecule has 0 saturated carbocycles. The van der Waals surface area contributed by atoms with Gasteiger partial charge in [-0.25, -0.2) is 0 Å². The van der Waals surface area contributed by atoms with Gasteiger partial charge in [-0.05, 0) is 24.6 Å². The predicted molar refractivity (Wildman–Crippen MR) is 91.5 cm³/mol. The molecule has 2 amide bonds. The highest BCUT2D eigenvalue weighted by Crippen LogP contribution is 2.26. The van der Waals surface area contributed by atoms with Gasteiger partial charge in [0, 0.05) is 32.4 Å². The van der Waals surface area contributed by atoms with Crippen LogP contribution in [0, 0.1) is 6.92 Å². The number of pyridine rings is 1. The summed E-state index contributed by atoms with van der Waals surface area (Å²) in [5.41, 5.74) is 2.86. The lowest BCUT2D eigenvalue weighted by molar-refractivity contribution is -0.135. The average molecular weight is 323 g/mol. The molecule has 5 nitrogen and oxygen atoms in total. The third-order valence-electron chi connectivity index (χ3n) is 4.42. The molecular formula is C19H21N3O2. The van der Waals surface area contributed by atoms with Crippen molar-refractivity contribution in [3.05, 3.63) is 65.5 Å². The van der Waals surface area contributed by atoms with Crippen molar-refractivity contribution in [3.63, 3.8) is 0 Å². The molecule has 124 valence electrons. The number of carbonyl (C=O) groups is 2. The van der Waals surface area contributed by atoms with Gasteiger partial charge in [-0.1, -0.05) is 35.9 Å². The Morgan fingerprint density at radius 1 is 1.08 bits per heavy atom. The summed E-state index contributed by atoms with van der Waals surface area (Å²) in [7, 11) is 0. The van der Waals surface area contributed by atoms with Crippen LogP contribution in [-0.2, 0) is 9.59 Å². The van der Waals surface area contributed by atoms with Gasteiger partial charge in [0.15, 0.2) is 0 Å². The fourth-order valence-electron chi connectivity index (χ4n) is 2.98. The SMILES string of the molecule is Cc1ccc(C(C(=O)N2CCN(C=O)CC2)c2ccccn2)cc1. The second-order valence-corrected chi connectivity index (χ2v) is 6.06. The van der Waals surface area contributed by atoms with E-state index in [-0.39, 0.29) is 5.91 Å². The molecule has 0 N–H and O–H groups in total. The summed E-state index contributed by atoms with van der Waals surface area (Å²) in [6, 6.07) is 13.7. The molecule has 0 spiro atoms. The van der Waals surface area contributed by atoms with Crippen LogP contribution < -0.4 is 0 Å². The van der Waals surface area contributed by atoms with Crippen molar-refractivity contribution in [2.24, 2.45) is 0 Å². The fourth-order valence-corrected chi connectivity index (χ4v) is 2.98. The lowest BCUT2D eigenvalue weighted by Crippen LogP contribution is -2.49. The van der Waals surface area contributed by atoms with E-state index in [4.69, 9.17) is 0 Å². The van der Waals surface area contributed by atoms with Gasteiger partial charge in [0.1, 0.15) is 5.92 Å². The quantitative estimate of drug-likeness (QED) is 0.807. The van der Waals surface area contributed by atoms with Crippen molar-refractivity contribution >= 4 is 12.3 Å². The first kappa shape index (κ1) is 16.2. The summed E-state index contributed by atoms with van der Waals surface area (Å²) < 4.78 is 0. The molecule has 3 rings (SSSR count). The Bertz CT molecular complexity index is 692. The highest BCUT2D eigenvalue weighted by atomic mass is 16.2. The van der Waals surface area contributed by atoms with Gasteiger partial charge in [0.25, 0.3) is 0 Å². The van der Waals surface area contributed by atoms with Crippen LogP contribution in [0.3, 0.4) is 0 Å². The monoisotopic (exact) mass is 323 g/mol. The van der Waals surface area contributed by atoms with E-state index in [1.54, 1.807) is 11.1 Å². The molecule has 0 radical (unpaired) electrons. The number of carbonyl (C=O) groups excluding carboxylic acids is 2. The summed E-state index contributed by atoms with van der Waals surface area (Å²) in [6.07, 6.45) is 2.56. The number of nitrogens with zero attached hydrogens (tertiary/aromatic N) is 3. The molecule has 24 heavy (non-hydrogen) atoms. The van der Waals surface area contributed by atoms with Gasteiger partial charge in [-0.2, -0.15) is 0 Å². The van der Waals surface area contributed by atoms with Crippen LogP contribution in [-0.4, -0.2) is 53.3 Å². The third kappa shape index (κ3) is 3.45. The summed E-state index contributed by atoms with van der Waals surface area (Å²) in [5, 5.41) is 0. The zero-order valence-corrected chi connectivity index (χ0v) is 13.8. The van der Waals surface area contributed by atoms with Crippen molar-refractivity contribution in [3.8, 4) is 0 Å². The van der Waals surface area contributed by atoms with E-state index in [1.807, 2.05) is 54.3 Å². The Kier molecular flexibility index (Phi) is 4.89. The van der Waals surface area contributed by atoms with Crippen LogP contribution in [0.2, 0.25) is 0 Å². The molecule has 5 heteroatoms. The highest BCUT2D eigenvalue weighted by molar-refractivity contribution is 5.87. The first-order chi connectivity index (χ1) is 11.7. The van der Waals surface area contributed by atoms with Crippen LogP contribution in [0.15, 0.2) is 48.7 Å². The summed E-state index contributed by atoms with van der Waals surface area (Å²) in [5.74, 6) is -0.363. The van der Waals surface area contributed by atoms with Gasteiger partial charge in [-0.3, -0.25) is 14.6 Å². The number of amides is 2. The minimum absolute atomic E-state index is 0.0445. The number of piperazine rings is 1. The number of hydrogen-bond donors (Lipinski definition) is 0. The topological polar surface area (TPSA) is 53.5 Å². The van der Waals surface area contributed by atoms with Crippen molar-refractivity contribution in [2.45, 2.75) is 12.8 Å². The molecule has 1 aromatic heterocycles. The summed E-state index contributed by atoms with van der Waals surface area (Å²) in [6.45, 7) is 4.32. The van der Waals surface area contributed by atoms with Crippen molar-refractivity contribution in [1.29, 1.82) is 0 Å². The Hall–Kier alpha value is -2.69. The molecule has 2 heterocycles. The van der Waals surface area contributed by atoms with Gasteiger partial charge < -0.3 is 9.80 Å². The van der Waals surface area contributed by atoms with Gasteiger partial charge in [-0.15, -0.1) is 0 Å². The van der Waals surface area contributed by atoms with E-state index < -0.39 is 5.92 Å². The largest absolute Gasteiger partial charge is 0.342 e. The van der Waals surface area contributed by atoms with E-state index >= 15 is 0 Å². The highest BCUT2D eigenvalue weighted by Gasteiger charge is 2.30. The zero-order chi connectivity index (χ0) is 16.9. The normalized spacial score (nSPS) is 15.9. The van der Waals surface area contributed by atoms with E-state index in [1.165, 1.54) is 0 Å². The molecule has 1 aliphatic heterocycles. The molecule has 1 aliphatic rings. The molecule has 0 aliphatic carbocycles. The molecule has 1 unspecified atom stereocenters. The van der Waals surface area contributed by atoms with Crippen molar-refractivity contribution in [1.82, 2.24) is 14.8 Å². The van der Waals surface area contributed by atoms with Gasteiger partial charge >= 0.3 is 0 Å². The van der Waals surface area contributed by atoms with E-state index in [2.05, 4.69) is 4.98 Å². The number of hydrogen-bond acceptors (Lipinski definition) is 3. The minimum Gasteiger partial charge on any atom is -0.342 e. The number of benzene rings is 1. The molecule has 1 saturated heterocycles. The Balaban J connectivity index is 1.88. The second kappa shape index (κ2) is 7.25. The molecule has 1 aromatic carbocycles. The smallest absolute Gasteiger partial charge is 0.236 e. The van der Waals surface area contributed by atoms with Crippen molar-refractivity contribution < 1.29 is 9.59 Å². The van der Waals surface area contributed by atoms with E-state index in [9.17, 15) is 9.59 Å². The Labute approximate surface area is 141 Å². The lowest BCUT2D eigenvalue weighted by atomic mass is 9.92. The van der Waals surface area contributed by atoms with Crippen LogP contribution >= 0.6 is 0 Å². The Morgan fingerprint density at radius 3 is 2.38 bits per heavy atom.